The van der Waals surface area contributed by atoms with Gasteiger partial charge >= 0.3 is 0 Å². The van der Waals surface area contributed by atoms with Gasteiger partial charge in [0.25, 0.3) is 11.5 Å². The van der Waals surface area contributed by atoms with Crippen molar-refractivity contribution in [1.29, 1.82) is 0 Å². The molecule has 188 valence electrons. The van der Waals surface area contributed by atoms with Gasteiger partial charge in [0.2, 0.25) is 5.71 Å². The highest BCUT2D eigenvalue weighted by molar-refractivity contribution is 6.06. The molecule has 0 radical (unpaired) electrons. The monoisotopic (exact) mass is 479 g/mol. The lowest BCUT2D eigenvalue weighted by molar-refractivity contribution is 0.0951. The average Bonchev–Trinajstić information content (AvgIpc) is 3.17. The number of furan rings is 1. The van der Waals surface area contributed by atoms with E-state index in [4.69, 9.17) is 4.42 Å². The molecule has 1 N–H and O–H groups in total. The number of rotatable bonds is 8. The molecule has 1 saturated heterocycles. The molecule has 3 aromatic rings. The molecule has 0 unspecified atom stereocenters. The van der Waals surface area contributed by atoms with Crippen LogP contribution in [0.3, 0.4) is 0 Å². The molecule has 3 heterocycles. The van der Waals surface area contributed by atoms with Crippen molar-refractivity contribution in [2.75, 3.05) is 44.2 Å². The highest BCUT2D eigenvalue weighted by Crippen LogP contribution is 2.23. The van der Waals surface area contributed by atoms with E-state index in [1.54, 1.807) is 11.5 Å². The first-order valence-electron chi connectivity index (χ1n) is 12.6. The van der Waals surface area contributed by atoms with E-state index in [9.17, 15) is 9.59 Å². The molecule has 0 spiro atoms. The first-order valence-corrected chi connectivity index (χ1v) is 12.6. The van der Waals surface area contributed by atoms with Gasteiger partial charge in [-0.25, -0.2) is 4.98 Å². The van der Waals surface area contributed by atoms with Gasteiger partial charge in [-0.05, 0) is 56.8 Å². The number of carbonyl (C=O) groups excluding carboxylic acids is 1. The highest BCUT2D eigenvalue weighted by atomic mass is 16.3. The molecular weight excluding hydrogens is 442 g/mol. The zero-order valence-electron chi connectivity index (χ0n) is 21.6. The largest absolute Gasteiger partial charge is 0.442 e. The molecule has 0 bridgehead atoms. The Kier molecular flexibility index (Phi) is 7.60. The van der Waals surface area contributed by atoms with Crippen molar-refractivity contribution in [3.05, 3.63) is 57.3 Å². The summed E-state index contributed by atoms with van der Waals surface area (Å²) in [6, 6.07) is 6.63. The van der Waals surface area contributed by atoms with E-state index in [-0.39, 0.29) is 22.6 Å². The quantitative estimate of drug-likeness (QED) is 0.498. The predicted molar refractivity (Wildman–Crippen MR) is 139 cm³/mol. The van der Waals surface area contributed by atoms with Gasteiger partial charge in [0.05, 0.1) is 5.56 Å². The Hall–Kier alpha value is -3.13. The maximum absolute atomic E-state index is 13.0. The van der Waals surface area contributed by atoms with E-state index in [0.717, 1.165) is 39.1 Å². The van der Waals surface area contributed by atoms with Crippen LogP contribution in [0.2, 0.25) is 0 Å². The van der Waals surface area contributed by atoms with Gasteiger partial charge < -0.3 is 14.6 Å². The summed E-state index contributed by atoms with van der Waals surface area (Å²) >= 11 is 0. The van der Waals surface area contributed by atoms with Crippen LogP contribution in [0, 0.1) is 26.7 Å². The summed E-state index contributed by atoms with van der Waals surface area (Å²) < 4.78 is 7.18. The predicted octanol–water partition coefficient (Wildman–Crippen LogP) is 3.51. The number of aromatic nitrogens is 2. The number of hydrogen-bond acceptors (Lipinski definition) is 6. The van der Waals surface area contributed by atoms with Gasteiger partial charge in [0.1, 0.15) is 17.5 Å². The van der Waals surface area contributed by atoms with Crippen molar-refractivity contribution in [2.24, 2.45) is 5.92 Å². The van der Waals surface area contributed by atoms with Gasteiger partial charge in [-0.2, -0.15) is 0 Å². The fourth-order valence-corrected chi connectivity index (χ4v) is 4.80. The van der Waals surface area contributed by atoms with Crippen LogP contribution in [0.1, 0.15) is 47.5 Å². The summed E-state index contributed by atoms with van der Waals surface area (Å²) in [5.41, 5.74) is 4.24. The lowest BCUT2D eigenvalue weighted by atomic mass is 10.1. The van der Waals surface area contributed by atoms with Crippen LogP contribution in [0.25, 0.3) is 11.1 Å². The van der Waals surface area contributed by atoms with Crippen molar-refractivity contribution >= 4 is 22.7 Å². The Bertz CT molecular complexity index is 1250. The number of anilines is 1. The third-order valence-electron chi connectivity index (χ3n) is 6.66. The van der Waals surface area contributed by atoms with Gasteiger partial charge in [-0.1, -0.05) is 26.0 Å². The molecular formula is C27H37N5O3. The Labute approximate surface area is 206 Å². The average molecular weight is 480 g/mol. The fourth-order valence-electron chi connectivity index (χ4n) is 4.80. The summed E-state index contributed by atoms with van der Waals surface area (Å²) in [5, 5.41) is 3.25. The second-order valence-corrected chi connectivity index (χ2v) is 10.0. The molecule has 2 aromatic heterocycles. The number of aryl methyl sites for hydroxylation is 3. The number of piperazine rings is 1. The highest BCUT2D eigenvalue weighted by Gasteiger charge is 2.23. The summed E-state index contributed by atoms with van der Waals surface area (Å²) in [6.45, 7) is 16.1. The molecule has 8 nitrogen and oxygen atoms in total. The van der Waals surface area contributed by atoms with Crippen molar-refractivity contribution < 1.29 is 9.21 Å². The van der Waals surface area contributed by atoms with E-state index in [1.807, 2.05) is 13.8 Å². The molecule has 1 aliphatic heterocycles. The maximum atomic E-state index is 13.0. The van der Waals surface area contributed by atoms with E-state index < -0.39 is 0 Å². The SMILES string of the molecule is Cc1ccc(C)c(N2CCN(CCCNC(=O)c3c(C)oc4ncn(CC(C)C)c(=O)c34)CC2)c1. The second-order valence-electron chi connectivity index (χ2n) is 10.0. The number of amides is 1. The van der Waals surface area contributed by atoms with Crippen molar-refractivity contribution in [2.45, 2.75) is 47.6 Å². The van der Waals surface area contributed by atoms with Crippen LogP contribution in [-0.4, -0.2) is 59.6 Å². The normalized spacial score (nSPS) is 14.7. The number of fused-ring (bicyclic) bond motifs is 1. The summed E-state index contributed by atoms with van der Waals surface area (Å²) in [5.74, 6) is 0.439. The Morgan fingerprint density at radius 2 is 1.89 bits per heavy atom. The zero-order valence-corrected chi connectivity index (χ0v) is 21.6. The van der Waals surface area contributed by atoms with E-state index in [0.29, 0.717) is 30.3 Å². The number of carbonyl (C=O) groups is 1. The molecule has 0 aliphatic carbocycles. The molecule has 0 saturated carbocycles. The fraction of sp³-hybridized carbons (Fsp3) is 0.519. The Morgan fingerprint density at radius 1 is 1.14 bits per heavy atom. The van der Waals surface area contributed by atoms with E-state index >= 15 is 0 Å². The van der Waals surface area contributed by atoms with Crippen molar-refractivity contribution in [3.63, 3.8) is 0 Å². The van der Waals surface area contributed by atoms with Gasteiger partial charge in [0, 0.05) is 45.0 Å². The third kappa shape index (κ3) is 5.59. The maximum Gasteiger partial charge on any atom is 0.265 e. The summed E-state index contributed by atoms with van der Waals surface area (Å²) in [7, 11) is 0. The van der Waals surface area contributed by atoms with Gasteiger partial charge in [-0.15, -0.1) is 0 Å². The van der Waals surface area contributed by atoms with E-state index in [2.05, 4.69) is 52.1 Å². The first-order chi connectivity index (χ1) is 16.7. The molecule has 1 fully saturated rings. The topological polar surface area (TPSA) is 83.6 Å². The third-order valence-corrected chi connectivity index (χ3v) is 6.66. The summed E-state index contributed by atoms with van der Waals surface area (Å²) in [6.07, 6.45) is 2.34. The lowest BCUT2D eigenvalue weighted by Gasteiger charge is -2.37. The molecule has 35 heavy (non-hydrogen) atoms. The molecule has 1 aliphatic rings. The number of hydrogen-bond donors (Lipinski definition) is 1. The van der Waals surface area contributed by atoms with Crippen LogP contribution in [0.4, 0.5) is 5.69 Å². The minimum Gasteiger partial charge on any atom is -0.442 e. The van der Waals surface area contributed by atoms with Crippen LogP contribution >= 0.6 is 0 Å². The van der Waals surface area contributed by atoms with Crippen LogP contribution in [-0.2, 0) is 6.54 Å². The Balaban J connectivity index is 1.30. The number of nitrogens with one attached hydrogen (secondary N) is 1. The van der Waals surface area contributed by atoms with Crippen molar-refractivity contribution in [1.82, 2.24) is 19.8 Å². The molecule has 0 atom stereocenters. The second kappa shape index (κ2) is 10.6. The van der Waals surface area contributed by atoms with Gasteiger partial charge in [0.15, 0.2) is 0 Å². The van der Waals surface area contributed by atoms with Gasteiger partial charge in [-0.3, -0.25) is 19.1 Å². The molecule has 1 aromatic carbocycles. The lowest BCUT2D eigenvalue weighted by Crippen LogP contribution is -2.47. The molecule has 8 heteroatoms. The zero-order chi connectivity index (χ0) is 25.1. The standard InChI is InChI=1S/C27H37N5O3/c1-18(2)16-32-17-29-26-24(27(32)34)23(21(5)35-26)25(33)28-9-6-10-30-11-13-31(14-12-30)22-15-19(3)7-8-20(22)4/h7-8,15,17-18H,6,9-14,16H2,1-5H3,(H,28,33). The minimum atomic E-state index is -0.276. The van der Waals surface area contributed by atoms with Crippen LogP contribution < -0.4 is 15.8 Å². The molecule has 1 amide bonds. The van der Waals surface area contributed by atoms with Crippen LogP contribution in [0.15, 0.2) is 33.7 Å². The first kappa shape index (κ1) is 25.0. The van der Waals surface area contributed by atoms with Crippen molar-refractivity contribution in [3.8, 4) is 0 Å². The number of benzene rings is 1. The smallest absolute Gasteiger partial charge is 0.265 e. The molecule has 4 rings (SSSR count). The number of nitrogens with zero attached hydrogens (tertiary/aromatic N) is 4. The Morgan fingerprint density at radius 3 is 2.60 bits per heavy atom. The van der Waals surface area contributed by atoms with E-state index in [1.165, 1.54) is 23.1 Å². The minimum absolute atomic E-state index is 0.222. The van der Waals surface area contributed by atoms with Crippen LogP contribution in [0.5, 0.6) is 0 Å². The summed E-state index contributed by atoms with van der Waals surface area (Å²) in [4.78, 5) is 35.1.